The van der Waals surface area contributed by atoms with Crippen molar-refractivity contribution in [1.82, 2.24) is 19.5 Å². The summed E-state index contributed by atoms with van der Waals surface area (Å²) in [5.74, 6) is 0. The Labute approximate surface area is 86.6 Å². The molecule has 3 aromatic heterocycles. The largest absolute Gasteiger partial charge is 0.349 e. The van der Waals surface area contributed by atoms with E-state index in [0.29, 0.717) is 0 Å². The van der Waals surface area contributed by atoms with Crippen molar-refractivity contribution in [2.75, 3.05) is 0 Å². The number of aromatic amines is 1. The highest BCUT2D eigenvalue weighted by Crippen LogP contribution is 2.21. The Kier molecular flexibility index (Phi) is 1.62. The maximum atomic E-state index is 4.24. The molecule has 0 aliphatic carbocycles. The van der Waals surface area contributed by atoms with Crippen LogP contribution in [-0.2, 0) is 7.05 Å². The molecule has 0 aromatic carbocycles. The Bertz CT molecular complexity index is 573. The second-order valence-electron chi connectivity index (χ2n) is 3.48. The summed E-state index contributed by atoms with van der Waals surface area (Å²) in [5, 5.41) is 0. The Morgan fingerprint density at radius 2 is 2.13 bits per heavy atom. The smallest absolute Gasteiger partial charge is 0.156 e. The van der Waals surface area contributed by atoms with Crippen LogP contribution in [0.25, 0.3) is 22.6 Å². The molecule has 0 amide bonds. The number of nitrogens with zero attached hydrogens (tertiary/aromatic N) is 3. The van der Waals surface area contributed by atoms with Crippen LogP contribution in [0.4, 0.5) is 0 Å². The van der Waals surface area contributed by atoms with Crippen molar-refractivity contribution >= 4 is 11.2 Å². The van der Waals surface area contributed by atoms with Crippen LogP contribution in [0.5, 0.6) is 0 Å². The Morgan fingerprint density at radius 3 is 2.87 bits per heavy atom. The summed E-state index contributed by atoms with van der Waals surface area (Å²) < 4.78 is 2.06. The van der Waals surface area contributed by atoms with E-state index in [1.807, 2.05) is 25.4 Å². The molecule has 3 rings (SSSR count). The van der Waals surface area contributed by atoms with E-state index in [2.05, 4.69) is 25.6 Å². The fourth-order valence-electron chi connectivity index (χ4n) is 1.73. The Hall–Kier alpha value is -2.10. The van der Waals surface area contributed by atoms with Crippen LogP contribution < -0.4 is 0 Å². The van der Waals surface area contributed by atoms with E-state index in [1.165, 1.54) is 0 Å². The minimum Gasteiger partial charge on any atom is -0.349 e. The summed E-state index contributed by atoms with van der Waals surface area (Å²) in [5.41, 5.74) is 3.90. The third kappa shape index (κ3) is 1.22. The van der Waals surface area contributed by atoms with E-state index in [0.717, 1.165) is 22.6 Å². The van der Waals surface area contributed by atoms with Crippen LogP contribution in [-0.4, -0.2) is 19.5 Å². The maximum absolute atomic E-state index is 4.24. The van der Waals surface area contributed by atoms with E-state index >= 15 is 0 Å². The van der Waals surface area contributed by atoms with Crippen molar-refractivity contribution in [3.63, 3.8) is 0 Å². The molecule has 0 unspecified atom stereocenters. The molecule has 0 spiro atoms. The van der Waals surface area contributed by atoms with Crippen LogP contribution in [0.1, 0.15) is 0 Å². The molecule has 0 aliphatic heterocycles. The van der Waals surface area contributed by atoms with Gasteiger partial charge in [-0.3, -0.25) is 4.98 Å². The highest BCUT2D eigenvalue weighted by Gasteiger charge is 2.06. The summed E-state index contributed by atoms with van der Waals surface area (Å²) in [7, 11) is 2.02. The lowest BCUT2D eigenvalue weighted by molar-refractivity contribution is 0.933. The minimum absolute atomic E-state index is 0.828. The van der Waals surface area contributed by atoms with Crippen LogP contribution in [0.3, 0.4) is 0 Å². The van der Waals surface area contributed by atoms with E-state index in [-0.39, 0.29) is 0 Å². The molecule has 0 radical (unpaired) electrons. The van der Waals surface area contributed by atoms with E-state index in [4.69, 9.17) is 0 Å². The molecule has 0 saturated heterocycles. The van der Waals surface area contributed by atoms with Crippen molar-refractivity contribution in [3.05, 3.63) is 36.8 Å². The van der Waals surface area contributed by atoms with Gasteiger partial charge >= 0.3 is 0 Å². The molecule has 74 valence electrons. The van der Waals surface area contributed by atoms with Crippen LogP contribution >= 0.6 is 0 Å². The van der Waals surface area contributed by atoms with Gasteiger partial charge in [-0.2, -0.15) is 0 Å². The van der Waals surface area contributed by atoms with Crippen LogP contribution in [0.15, 0.2) is 36.8 Å². The lowest BCUT2D eigenvalue weighted by Crippen LogP contribution is -1.88. The monoisotopic (exact) mass is 198 g/mol. The van der Waals surface area contributed by atoms with Crippen molar-refractivity contribution in [1.29, 1.82) is 0 Å². The Morgan fingerprint density at radius 1 is 1.27 bits per heavy atom. The number of aryl methyl sites for hydroxylation is 1. The van der Waals surface area contributed by atoms with Crippen molar-refractivity contribution in [2.45, 2.75) is 0 Å². The molecule has 0 fully saturated rings. The molecule has 0 saturated carbocycles. The zero-order valence-electron chi connectivity index (χ0n) is 8.31. The molecule has 0 bridgehead atoms. The number of H-pyrrole nitrogens is 1. The summed E-state index contributed by atoms with van der Waals surface area (Å²) in [6.45, 7) is 0. The third-order valence-electron chi connectivity index (χ3n) is 2.48. The first-order valence-electron chi connectivity index (χ1n) is 4.76. The zero-order chi connectivity index (χ0) is 10.3. The highest BCUT2D eigenvalue weighted by atomic mass is 15.0. The number of aromatic nitrogens is 4. The van der Waals surface area contributed by atoms with E-state index < -0.39 is 0 Å². The molecular formula is C11H10N4. The van der Waals surface area contributed by atoms with Crippen molar-refractivity contribution in [3.8, 4) is 11.4 Å². The van der Waals surface area contributed by atoms with Gasteiger partial charge in [0, 0.05) is 25.6 Å². The molecule has 0 aliphatic rings. The number of fused-ring (bicyclic) bond motifs is 1. The SMILES string of the molecule is Cn1cccc1-c1cc2nccnc2[nH]1. The van der Waals surface area contributed by atoms with Crippen molar-refractivity contribution in [2.24, 2.45) is 7.05 Å². The van der Waals surface area contributed by atoms with Gasteiger partial charge in [0.15, 0.2) is 5.65 Å². The summed E-state index contributed by atoms with van der Waals surface area (Å²) in [6.07, 6.45) is 5.40. The minimum atomic E-state index is 0.828. The first-order valence-corrected chi connectivity index (χ1v) is 4.76. The molecule has 1 N–H and O–H groups in total. The van der Waals surface area contributed by atoms with Gasteiger partial charge in [0.1, 0.15) is 5.52 Å². The second kappa shape index (κ2) is 2.95. The van der Waals surface area contributed by atoms with Gasteiger partial charge in [-0.25, -0.2) is 4.98 Å². The summed E-state index contributed by atoms with van der Waals surface area (Å²) in [4.78, 5) is 11.7. The standard InChI is InChI=1S/C11H10N4/c1-15-6-2-3-10(15)8-7-9-11(14-8)13-5-4-12-9/h2-7H,1H3,(H,13,14). The number of hydrogen-bond donors (Lipinski definition) is 1. The molecular weight excluding hydrogens is 188 g/mol. The average molecular weight is 198 g/mol. The van der Waals surface area contributed by atoms with E-state index in [9.17, 15) is 0 Å². The molecule has 4 heteroatoms. The molecule has 3 aromatic rings. The van der Waals surface area contributed by atoms with E-state index in [1.54, 1.807) is 12.4 Å². The predicted molar refractivity (Wildman–Crippen MR) is 58.3 cm³/mol. The van der Waals surface area contributed by atoms with Gasteiger partial charge in [0.25, 0.3) is 0 Å². The molecule has 4 nitrogen and oxygen atoms in total. The van der Waals surface area contributed by atoms with Gasteiger partial charge < -0.3 is 9.55 Å². The lowest BCUT2D eigenvalue weighted by atomic mass is 10.3. The lowest BCUT2D eigenvalue weighted by Gasteiger charge is -1.98. The van der Waals surface area contributed by atoms with Crippen LogP contribution in [0.2, 0.25) is 0 Å². The highest BCUT2D eigenvalue weighted by molar-refractivity contribution is 5.78. The fourth-order valence-corrected chi connectivity index (χ4v) is 1.73. The first-order chi connectivity index (χ1) is 7.34. The quantitative estimate of drug-likeness (QED) is 0.649. The number of nitrogens with one attached hydrogen (secondary N) is 1. The first kappa shape index (κ1) is 8.23. The van der Waals surface area contributed by atoms with Gasteiger partial charge in [-0.05, 0) is 18.2 Å². The molecule has 3 heterocycles. The normalized spacial score (nSPS) is 11.0. The average Bonchev–Trinajstić information content (AvgIpc) is 2.82. The topological polar surface area (TPSA) is 46.5 Å². The summed E-state index contributed by atoms with van der Waals surface area (Å²) in [6, 6.07) is 6.09. The third-order valence-corrected chi connectivity index (χ3v) is 2.48. The van der Waals surface area contributed by atoms with Gasteiger partial charge in [0.2, 0.25) is 0 Å². The number of rotatable bonds is 1. The molecule has 0 atom stereocenters. The maximum Gasteiger partial charge on any atom is 0.156 e. The predicted octanol–water partition coefficient (Wildman–Crippen LogP) is 1.96. The van der Waals surface area contributed by atoms with Gasteiger partial charge in [-0.1, -0.05) is 0 Å². The van der Waals surface area contributed by atoms with Crippen LogP contribution in [0, 0.1) is 0 Å². The number of hydrogen-bond acceptors (Lipinski definition) is 2. The Balaban J connectivity index is 2.24. The fraction of sp³-hybridized carbons (Fsp3) is 0.0909. The zero-order valence-corrected chi connectivity index (χ0v) is 8.31. The molecule has 15 heavy (non-hydrogen) atoms. The second-order valence-corrected chi connectivity index (χ2v) is 3.48. The summed E-state index contributed by atoms with van der Waals surface area (Å²) >= 11 is 0. The van der Waals surface area contributed by atoms with Gasteiger partial charge in [-0.15, -0.1) is 0 Å². The van der Waals surface area contributed by atoms with Crippen molar-refractivity contribution < 1.29 is 0 Å². The van der Waals surface area contributed by atoms with Gasteiger partial charge in [0.05, 0.1) is 11.4 Å².